The molecule has 0 radical (unpaired) electrons. The van der Waals surface area contributed by atoms with Crippen molar-refractivity contribution in [1.29, 1.82) is 0 Å². The minimum atomic E-state index is -3.48. The van der Waals surface area contributed by atoms with Crippen LogP contribution in [0.1, 0.15) is 37.1 Å². The molecule has 0 spiro atoms. The van der Waals surface area contributed by atoms with Crippen LogP contribution < -0.4 is 0 Å². The highest BCUT2D eigenvalue weighted by molar-refractivity contribution is 7.89. The molecule has 0 amide bonds. The molecule has 0 atom stereocenters. The Labute approximate surface area is 126 Å². The van der Waals surface area contributed by atoms with Gasteiger partial charge in [0.15, 0.2) is 5.76 Å². The summed E-state index contributed by atoms with van der Waals surface area (Å²) in [5.74, 6) is 0.380. The van der Waals surface area contributed by atoms with Crippen LogP contribution in [0.5, 0.6) is 0 Å². The van der Waals surface area contributed by atoms with E-state index in [4.69, 9.17) is 4.52 Å². The summed E-state index contributed by atoms with van der Waals surface area (Å²) in [7, 11) is -3.48. The molecule has 7 heteroatoms. The first-order valence-electron chi connectivity index (χ1n) is 7.67. The molecule has 118 valence electrons. The summed E-state index contributed by atoms with van der Waals surface area (Å²) in [5, 5.41) is 3.76. The van der Waals surface area contributed by atoms with Crippen molar-refractivity contribution in [1.82, 2.24) is 14.4 Å². The molecule has 0 aromatic carbocycles. The van der Waals surface area contributed by atoms with Crippen molar-refractivity contribution in [3.8, 4) is 0 Å². The first-order chi connectivity index (χ1) is 10.00. The molecule has 1 saturated heterocycles. The molecule has 1 aliphatic heterocycles. The van der Waals surface area contributed by atoms with Gasteiger partial charge in [-0.1, -0.05) is 18.0 Å². The van der Waals surface area contributed by atoms with Crippen LogP contribution >= 0.6 is 0 Å². The second-order valence-electron chi connectivity index (χ2n) is 6.03. The average Bonchev–Trinajstić information content (AvgIpc) is 3.09. The molecule has 0 N–H and O–H groups in total. The van der Waals surface area contributed by atoms with E-state index in [1.807, 2.05) is 0 Å². The lowest BCUT2D eigenvalue weighted by molar-refractivity contribution is 0.139. The molecule has 0 bridgehead atoms. The number of aromatic nitrogens is 1. The van der Waals surface area contributed by atoms with Crippen molar-refractivity contribution in [3.63, 3.8) is 0 Å². The highest BCUT2D eigenvalue weighted by Crippen LogP contribution is 2.27. The molecular formula is C14H23N3O3S. The molecule has 2 heterocycles. The van der Waals surface area contributed by atoms with Gasteiger partial charge in [-0.3, -0.25) is 4.90 Å². The Bertz CT molecular complexity index is 577. The van der Waals surface area contributed by atoms with Gasteiger partial charge in [-0.15, -0.1) is 0 Å². The smallest absolute Gasteiger partial charge is 0.248 e. The van der Waals surface area contributed by atoms with Gasteiger partial charge in [0.05, 0.1) is 0 Å². The maximum atomic E-state index is 12.7. The van der Waals surface area contributed by atoms with Gasteiger partial charge in [-0.25, -0.2) is 8.42 Å². The van der Waals surface area contributed by atoms with Crippen LogP contribution in [0.4, 0.5) is 0 Å². The largest absolute Gasteiger partial charge is 0.360 e. The second kappa shape index (κ2) is 5.70. The van der Waals surface area contributed by atoms with E-state index in [1.165, 1.54) is 25.7 Å². The Hall–Kier alpha value is -0.920. The third-order valence-corrected chi connectivity index (χ3v) is 6.82. The van der Waals surface area contributed by atoms with Crippen molar-refractivity contribution in [2.45, 2.75) is 50.5 Å². The van der Waals surface area contributed by atoms with Gasteiger partial charge in [-0.2, -0.15) is 4.31 Å². The number of hydrogen-bond donors (Lipinski definition) is 0. The fourth-order valence-corrected chi connectivity index (χ4v) is 5.26. The van der Waals surface area contributed by atoms with Crippen LogP contribution in [-0.4, -0.2) is 55.0 Å². The van der Waals surface area contributed by atoms with E-state index < -0.39 is 10.0 Å². The van der Waals surface area contributed by atoms with Crippen LogP contribution in [0, 0.1) is 13.8 Å². The maximum absolute atomic E-state index is 12.7. The standard InChI is InChI=1S/C14H23N3O3S/c1-11-14(12(2)20-15-11)21(18,19)17-9-7-16(8-10-17)13-5-3-4-6-13/h13H,3-10H2,1-2H3. The van der Waals surface area contributed by atoms with Gasteiger partial charge in [-0.05, 0) is 26.7 Å². The van der Waals surface area contributed by atoms with Gasteiger partial charge in [0.25, 0.3) is 0 Å². The zero-order valence-electron chi connectivity index (χ0n) is 12.7. The zero-order valence-corrected chi connectivity index (χ0v) is 13.5. The lowest BCUT2D eigenvalue weighted by Gasteiger charge is -2.37. The molecule has 1 aromatic heterocycles. The number of piperazine rings is 1. The molecule has 3 rings (SSSR count). The van der Waals surface area contributed by atoms with Crippen molar-refractivity contribution >= 4 is 10.0 Å². The summed E-state index contributed by atoms with van der Waals surface area (Å²) in [4.78, 5) is 2.70. The van der Waals surface area contributed by atoms with Gasteiger partial charge < -0.3 is 4.52 Å². The first-order valence-corrected chi connectivity index (χ1v) is 9.11. The van der Waals surface area contributed by atoms with E-state index in [2.05, 4.69) is 10.1 Å². The monoisotopic (exact) mass is 313 g/mol. The number of aryl methyl sites for hydroxylation is 2. The SMILES string of the molecule is Cc1noc(C)c1S(=O)(=O)N1CCN(C2CCCC2)CC1. The lowest BCUT2D eigenvalue weighted by Crippen LogP contribution is -2.51. The Morgan fingerprint density at radius 2 is 1.71 bits per heavy atom. The summed E-state index contributed by atoms with van der Waals surface area (Å²) >= 11 is 0. The van der Waals surface area contributed by atoms with Crippen LogP contribution in [0.15, 0.2) is 9.42 Å². The van der Waals surface area contributed by atoms with Gasteiger partial charge in [0.2, 0.25) is 10.0 Å². The third-order valence-electron chi connectivity index (χ3n) is 4.68. The third kappa shape index (κ3) is 2.74. The van der Waals surface area contributed by atoms with E-state index in [-0.39, 0.29) is 4.90 Å². The quantitative estimate of drug-likeness (QED) is 0.847. The molecule has 21 heavy (non-hydrogen) atoms. The van der Waals surface area contributed by atoms with E-state index in [0.717, 1.165) is 13.1 Å². The first kappa shape index (κ1) is 15.0. The predicted octanol–water partition coefficient (Wildman–Crippen LogP) is 1.54. The number of hydrogen-bond acceptors (Lipinski definition) is 5. The highest BCUT2D eigenvalue weighted by atomic mass is 32.2. The van der Waals surface area contributed by atoms with Crippen LogP contribution in [0.2, 0.25) is 0 Å². The van der Waals surface area contributed by atoms with E-state index in [9.17, 15) is 8.42 Å². The molecule has 1 aromatic rings. The second-order valence-corrected chi connectivity index (χ2v) is 7.91. The molecule has 1 aliphatic carbocycles. The predicted molar refractivity (Wildman–Crippen MR) is 78.6 cm³/mol. The summed E-state index contributed by atoms with van der Waals surface area (Å²) in [6.45, 7) is 6.10. The number of rotatable bonds is 3. The Kier molecular flexibility index (Phi) is 4.07. The molecule has 1 saturated carbocycles. The fourth-order valence-electron chi connectivity index (χ4n) is 3.55. The molecule has 0 unspecified atom stereocenters. The van der Waals surface area contributed by atoms with E-state index in [1.54, 1.807) is 18.2 Å². The zero-order chi connectivity index (χ0) is 15.0. The fraction of sp³-hybridized carbons (Fsp3) is 0.786. The number of nitrogens with zero attached hydrogens (tertiary/aromatic N) is 3. The summed E-state index contributed by atoms with van der Waals surface area (Å²) in [5.41, 5.74) is 0.450. The highest BCUT2D eigenvalue weighted by Gasteiger charge is 2.35. The van der Waals surface area contributed by atoms with Crippen molar-refractivity contribution in [2.75, 3.05) is 26.2 Å². The van der Waals surface area contributed by atoms with Crippen LogP contribution in [-0.2, 0) is 10.0 Å². The van der Waals surface area contributed by atoms with E-state index >= 15 is 0 Å². The molecule has 2 aliphatic rings. The van der Waals surface area contributed by atoms with Crippen molar-refractivity contribution in [2.24, 2.45) is 0 Å². The summed E-state index contributed by atoms with van der Waals surface area (Å²) < 4.78 is 32.0. The average molecular weight is 313 g/mol. The topological polar surface area (TPSA) is 66.7 Å². The molecule has 2 fully saturated rings. The molecule has 6 nitrogen and oxygen atoms in total. The van der Waals surface area contributed by atoms with Crippen LogP contribution in [0.25, 0.3) is 0 Å². The minimum Gasteiger partial charge on any atom is -0.360 e. The Morgan fingerprint density at radius 1 is 1.10 bits per heavy atom. The molecular weight excluding hydrogens is 290 g/mol. The van der Waals surface area contributed by atoms with Gasteiger partial charge >= 0.3 is 0 Å². The summed E-state index contributed by atoms with van der Waals surface area (Å²) in [6.07, 6.45) is 5.14. The summed E-state index contributed by atoms with van der Waals surface area (Å²) in [6, 6.07) is 0.661. The Morgan fingerprint density at radius 3 is 2.24 bits per heavy atom. The van der Waals surface area contributed by atoms with Gasteiger partial charge in [0.1, 0.15) is 10.6 Å². The van der Waals surface area contributed by atoms with Crippen LogP contribution in [0.3, 0.4) is 0 Å². The van der Waals surface area contributed by atoms with Crippen molar-refractivity contribution < 1.29 is 12.9 Å². The van der Waals surface area contributed by atoms with Crippen molar-refractivity contribution in [3.05, 3.63) is 11.5 Å². The Balaban J connectivity index is 1.71. The van der Waals surface area contributed by atoms with Gasteiger partial charge in [0, 0.05) is 32.2 Å². The minimum absolute atomic E-state index is 0.247. The maximum Gasteiger partial charge on any atom is 0.248 e. The number of sulfonamides is 1. The lowest BCUT2D eigenvalue weighted by atomic mass is 10.2. The van der Waals surface area contributed by atoms with E-state index in [0.29, 0.717) is 30.6 Å². The normalized spacial score (nSPS) is 23.0.